The maximum Gasteiger partial charge on any atom is 0.407 e. The summed E-state index contributed by atoms with van der Waals surface area (Å²) in [6.45, 7) is 8.34. The molecule has 1 aliphatic carbocycles. The lowest BCUT2D eigenvalue weighted by Crippen LogP contribution is -2.33. The number of unbranched alkanes of at least 4 members (excludes halogenated alkanes) is 2. The first-order valence-electron chi connectivity index (χ1n) is 8.92. The highest BCUT2D eigenvalue weighted by Gasteiger charge is 2.21. The van der Waals surface area contributed by atoms with Crippen molar-refractivity contribution in [3.63, 3.8) is 0 Å². The van der Waals surface area contributed by atoms with Gasteiger partial charge in [-0.1, -0.05) is 13.3 Å². The molecular weight excluding hydrogens is 294 g/mol. The van der Waals surface area contributed by atoms with E-state index in [2.05, 4.69) is 12.2 Å². The summed E-state index contributed by atoms with van der Waals surface area (Å²) in [5.74, 6) is 0.687. The number of esters is 1. The Morgan fingerprint density at radius 1 is 1.04 bits per heavy atom. The van der Waals surface area contributed by atoms with E-state index in [0.717, 1.165) is 50.9 Å². The standard InChI is InChI=1S/C18H33NO4/c1-14-9-11-15(12-10-14)22-16(20)8-6-5-7-13-19-17(21)23-18(2,3)4/h14-15H,5-13H2,1-4H3,(H,19,21). The van der Waals surface area contributed by atoms with Crippen molar-refractivity contribution >= 4 is 12.1 Å². The maximum absolute atomic E-state index is 11.8. The molecule has 0 aromatic carbocycles. The predicted molar refractivity (Wildman–Crippen MR) is 90.2 cm³/mol. The molecule has 0 unspecified atom stereocenters. The molecule has 0 aliphatic heterocycles. The largest absolute Gasteiger partial charge is 0.462 e. The van der Waals surface area contributed by atoms with Crippen LogP contribution in [-0.2, 0) is 14.3 Å². The summed E-state index contributed by atoms with van der Waals surface area (Å²) in [4.78, 5) is 23.2. The van der Waals surface area contributed by atoms with E-state index in [1.807, 2.05) is 20.8 Å². The van der Waals surface area contributed by atoms with Gasteiger partial charge in [-0.25, -0.2) is 4.79 Å². The minimum absolute atomic E-state index is 0.0790. The fraction of sp³-hybridized carbons (Fsp3) is 0.889. The second-order valence-corrected chi connectivity index (χ2v) is 7.61. The third-order valence-corrected chi connectivity index (χ3v) is 3.99. The Labute approximate surface area is 140 Å². The number of ether oxygens (including phenoxy) is 2. The lowest BCUT2D eigenvalue weighted by Gasteiger charge is -2.25. The molecule has 0 atom stereocenters. The van der Waals surface area contributed by atoms with E-state index in [1.54, 1.807) is 0 Å². The lowest BCUT2D eigenvalue weighted by molar-refractivity contribution is -0.151. The van der Waals surface area contributed by atoms with E-state index in [0.29, 0.717) is 13.0 Å². The zero-order chi connectivity index (χ0) is 17.3. The summed E-state index contributed by atoms with van der Waals surface area (Å²) in [5, 5.41) is 2.72. The fourth-order valence-corrected chi connectivity index (χ4v) is 2.67. The van der Waals surface area contributed by atoms with Crippen LogP contribution in [0.25, 0.3) is 0 Å². The van der Waals surface area contributed by atoms with Gasteiger partial charge in [0.1, 0.15) is 11.7 Å². The molecule has 0 bridgehead atoms. The second-order valence-electron chi connectivity index (χ2n) is 7.61. The van der Waals surface area contributed by atoms with Gasteiger partial charge in [0.2, 0.25) is 0 Å². The zero-order valence-electron chi connectivity index (χ0n) is 15.2. The summed E-state index contributed by atoms with van der Waals surface area (Å²) in [5.41, 5.74) is -0.468. The SMILES string of the molecule is CC1CCC(OC(=O)CCCCCNC(=O)OC(C)(C)C)CC1. The van der Waals surface area contributed by atoms with Crippen molar-refractivity contribution in [1.29, 1.82) is 0 Å². The summed E-state index contributed by atoms with van der Waals surface area (Å²) in [6.07, 6.45) is 7.09. The van der Waals surface area contributed by atoms with Crippen LogP contribution in [-0.4, -0.2) is 30.3 Å². The normalized spacial score (nSPS) is 21.6. The number of amides is 1. The van der Waals surface area contributed by atoms with Crippen LogP contribution >= 0.6 is 0 Å². The molecule has 1 rings (SSSR count). The van der Waals surface area contributed by atoms with Crippen molar-refractivity contribution in [2.24, 2.45) is 5.92 Å². The molecule has 0 spiro atoms. The van der Waals surface area contributed by atoms with Crippen molar-refractivity contribution in [3.05, 3.63) is 0 Å². The van der Waals surface area contributed by atoms with Crippen LogP contribution in [0, 0.1) is 5.92 Å². The van der Waals surface area contributed by atoms with Crippen molar-refractivity contribution in [2.45, 2.75) is 90.8 Å². The molecule has 0 heterocycles. The Kier molecular flexibility index (Phi) is 8.42. The summed E-state index contributed by atoms with van der Waals surface area (Å²) in [7, 11) is 0. The van der Waals surface area contributed by atoms with Gasteiger partial charge in [-0.3, -0.25) is 4.79 Å². The molecular formula is C18H33NO4. The molecule has 134 valence electrons. The van der Waals surface area contributed by atoms with E-state index < -0.39 is 5.60 Å². The Morgan fingerprint density at radius 2 is 1.70 bits per heavy atom. The van der Waals surface area contributed by atoms with Crippen LogP contribution in [0.15, 0.2) is 0 Å². The highest BCUT2D eigenvalue weighted by atomic mass is 16.6. The molecule has 5 heteroatoms. The number of hydrogen-bond donors (Lipinski definition) is 1. The molecule has 1 amide bonds. The molecule has 0 saturated heterocycles. The van der Waals surface area contributed by atoms with Gasteiger partial charge in [-0.2, -0.15) is 0 Å². The first-order valence-corrected chi connectivity index (χ1v) is 8.92. The lowest BCUT2D eigenvalue weighted by atomic mass is 9.89. The maximum atomic E-state index is 11.8. The van der Waals surface area contributed by atoms with E-state index >= 15 is 0 Å². The first kappa shape index (κ1) is 19.8. The summed E-state index contributed by atoms with van der Waals surface area (Å²) >= 11 is 0. The smallest absolute Gasteiger partial charge is 0.407 e. The minimum atomic E-state index is -0.468. The van der Waals surface area contributed by atoms with E-state index in [4.69, 9.17) is 9.47 Å². The quantitative estimate of drug-likeness (QED) is 0.562. The van der Waals surface area contributed by atoms with Crippen LogP contribution in [0.4, 0.5) is 4.79 Å². The molecule has 1 aliphatic rings. The van der Waals surface area contributed by atoms with Gasteiger partial charge in [-0.05, 0) is 65.2 Å². The number of carbonyl (C=O) groups is 2. The van der Waals surface area contributed by atoms with Gasteiger partial charge in [0.15, 0.2) is 0 Å². The van der Waals surface area contributed by atoms with Gasteiger partial charge in [-0.15, -0.1) is 0 Å². The molecule has 1 saturated carbocycles. The molecule has 5 nitrogen and oxygen atoms in total. The Balaban J connectivity index is 1.98. The third kappa shape index (κ3) is 10.2. The fourth-order valence-electron chi connectivity index (χ4n) is 2.67. The highest BCUT2D eigenvalue weighted by Crippen LogP contribution is 2.25. The molecule has 0 aromatic rings. The van der Waals surface area contributed by atoms with Crippen LogP contribution in [0.3, 0.4) is 0 Å². The monoisotopic (exact) mass is 327 g/mol. The number of rotatable bonds is 7. The predicted octanol–water partition coefficient (Wildman–Crippen LogP) is 4.19. The Bertz CT molecular complexity index is 368. The van der Waals surface area contributed by atoms with Gasteiger partial charge in [0.05, 0.1) is 0 Å². The Hall–Kier alpha value is -1.26. The molecule has 1 fully saturated rings. The number of carbonyl (C=O) groups excluding carboxylic acids is 2. The van der Waals surface area contributed by atoms with Crippen LogP contribution in [0.5, 0.6) is 0 Å². The molecule has 23 heavy (non-hydrogen) atoms. The summed E-state index contributed by atoms with van der Waals surface area (Å²) < 4.78 is 10.7. The minimum Gasteiger partial charge on any atom is -0.462 e. The third-order valence-electron chi connectivity index (χ3n) is 3.99. The molecule has 0 aromatic heterocycles. The van der Waals surface area contributed by atoms with Gasteiger partial charge < -0.3 is 14.8 Å². The molecule has 0 radical (unpaired) electrons. The number of alkyl carbamates (subject to hydrolysis) is 1. The average Bonchev–Trinajstić information content (AvgIpc) is 2.43. The van der Waals surface area contributed by atoms with E-state index in [-0.39, 0.29) is 18.2 Å². The number of nitrogens with one attached hydrogen (secondary N) is 1. The van der Waals surface area contributed by atoms with Crippen molar-refractivity contribution in [2.75, 3.05) is 6.54 Å². The topological polar surface area (TPSA) is 64.6 Å². The van der Waals surface area contributed by atoms with Crippen molar-refractivity contribution in [1.82, 2.24) is 5.32 Å². The van der Waals surface area contributed by atoms with Gasteiger partial charge in [0, 0.05) is 13.0 Å². The van der Waals surface area contributed by atoms with Crippen LogP contribution < -0.4 is 5.32 Å². The van der Waals surface area contributed by atoms with Gasteiger partial charge >= 0.3 is 12.1 Å². The van der Waals surface area contributed by atoms with Crippen LogP contribution in [0.1, 0.15) is 79.1 Å². The highest BCUT2D eigenvalue weighted by molar-refractivity contribution is 5.69. The molecule has 1 N–H and O–H groups in total. The van der Waals surface area contributed by atoms with E-state index in [1.165, 1.54) is 0 Å². The van der Waals surface area contributed by atoms with Crippen molar-refractivity contribution in [3.8, 4) is 0 Å². The van der Waals surface area contributed by atoms with E-state index in [9.17, 15) is 9.59 Å². The summed E-state index contributed by atoms with van der Waals surface area (Å²) in [6, 6.07) is 0. The zero-order valence-corrected chi connectivity index (χ0v) is 15.2. The Morgan fingerprint density at radius 3 is 2.30 bits per heavy atom. The first-order chi connectivity index (χ1) is 10.8. The second kappa shape index (κ2) is 9.78. The van der Waals surface area contributed by atoms with Crippen molar-refractivity contribution < 1.29 is 19.1 Å². The average molecular weight is 327 g/mol. The van der Waals surface area contributed by atoms with Crippen LogP contribution in [0.2, 0.25) is 0 Å². The van der Waals surface area contributed by atoms with Gasteiger partial charge in [0.25, 0.3) is 0 Å². The number of hydrogen-bond acceptors (Lipinski definition) is 4.